The maximum absolute atomic E-state index is 13.2. The van der Waals surface area contributed by atoms with Crippen LogP contribution in [0.15, 0.2) is 60.2 Å². The van der Waals surface area contributed by atoms with Gasteiger partial charge < -0.3 is 4.74 Å². The number of amides is 4. The SMILES string of the molecule is CCOc1cc(/C=C2\C(=O)NC(=O)N(c3ccc(Cl)c(Cl)c3)C2=O)ccc1Cc1cc(C)cc(C)c1. The zero-order valence-electron chi connectivity index (χ0n) is 20.0. The molecule has 0 aromatic heterocycles. The highest BCUT2D eigenvalue weighted by molar-refractivity contribution is 6.43. The summed E-state index contributed by atoms with van der Waals surface area (Å²) in [7, 11) is 0. The summed E-state index contributed by atoms with van der Waals surface area (Å²) in [5, 5.41) is 2.67. The first-order valence-electron chi connectivity index (χ1n) is 11.4. The van der Waals surface area contributed by atoms with E-state index in [4.69, 9.17) is 27.9 Å². The molecule has 1 aliphatic rings. The first-order chi connectivity index (χ1) is 17.2. The van der Waals surface area contributed by atoms with Crippen molar-refractivity contribution in [2.45, 2.75) is 27.2 Å². The Morgan fingerprint density at radius 2 is 1.64 bits per heavy atom. The molecule has 0 spiro atoms. The Hall–Kier alpha value is -3.61. The van der Waals surface area contributed by atoms with Crippen molar-refractivity contribution in [3.8, 4) is 5.75 Å². The highest BCUT2D eigenvalue weighted by Crippen LogP contribution is 2.30. The van der Waals surface area contributed by atoms with E-state index in [1.807, 2.05) is 19.1 Å². The highest BCUT2D eigenvalue weighted by Gasteiger charge is 2.37. The largest absolute Gasteiger partial charge is 0.494 e. The molecule has 0 unspecified atom stereocenters. The summed E-state index contributed by atoms with van der Waals surface area (Å²) in [5.74, 6) is -0.884. The minimum atomic E-state index is -0.862. The summed E-state index contributed by atoms with van der Waals surface area (Å²) in [4.78, 5) is 39.1. The van der Waals surface area contributed by atoms with E-state index in [0.717, 1.165) is 16.0 Å². The Bertz CT molecular complexity index is 1390. The summed E-state index contributed by atoms with van der Waals surface area (Å²) >= 11 is 12.0. The smallest absolute Gasteiger partial charge is 0.335 e. The van der Waals surface area contributed by atoms with E-state index in [9.17, 15) is 14.4 Å². The molecule has 3 aromatic rings. The second-order valence-electron chi connectivity index (χ2n) is 8.53. The molecule has 184 valence electrons. The number of barbiturate groups is 1. The van der Waals surface area contributed by atoms with Crippen LogP contribution in [-0.4, -0.2) is 24.5 Å². The predicted molar refractivity (Wildman–Crippen MR) is 142 cm³/mol. The summed E-state index contributed by atoms with van der Waals surface area (Å²) in [6.45, 7) is 6.48. The summed E-state index contributed by atoms with van der Waals surface area (Å²) < 4.78 is 5.88. The van der Waals surface area contributed by atoms with Crippen molar-refractivity contribution in [2.24, 2.45) is 0 Å². The van der Waals surface area contributed by atoms with Gasteiger partial charge in [0.05, 0.1) is 22.3 Å². The van der Waals surface area contributed by atoms with Crippen LogP contribution in [0.4, 0.5) is 10.5 Å². The number of anilines is 1. The molecule has 0 bridgehead atoms. The molecule has 6 nitrogen and oxygen atoms in total. The molecule has 0 radical (unpaired) electrons. The molecule has 1 aliphatic heterocycles. The Morgan fingerprint density at radius 3 is 2.31 bits per heavy atom. The Labute approximate surface area is 219 Å². The van der Waals surface area contributed by atoms with Gasteiger partial charge in [0.25, 0.3) is 11.8 Å². The van der Waals surface area contributed by atoms with E-state index in [-0.39, 0.29) is 21.3 Å². The van der Waals surface area contributed by atoms with Gasteiger partial charge in [0.15, 0.2) is 0 Å². The summed E-state index contributed by atoms with van der Waals surface area (Å²) in [6, 6.07) is 15.4. The standard InChI is InChI=1S/C28H24Cl2N2O4/c1-4-36-25-14-18(5-6-20(25)12-19-10-16(2)9-17(3)11-19)13-22-26(33)31-28(35)32(27(22)34)21-7-8-23(29)24(30)15-21/h5-11,13-15H,4,12H2,1-3H3,(H,31,33,35)/b22-13+. The third-order valence-electron chi connectivity index (χ3n) is 5.64. The van der Waals surface area contributed by atoms with Crippen LogP contribution in [0.2, 0.25) is 10.0 Å². The number of carbonyl (C=O) groups excluding carboxylic acids is 3. The molecule has 4 rings (SSSR count). The molecule has 4 amide bonds. The van der Waals surface area contributed by atoms with Crippen LogP contribution in [0, 0.1) is 13.8 Å². The molecule has 8 heteroatoms. The molecule has 3 aromatic carbocycles. The number of hydrogen-bond donors (Lipinski definition) is 1. The topological polar surface area (TPSA) is 75.7 Å². The first-order valence-corrected chi connectivity index (χ1v) is 12.1. The van der Waals surface area contributed by atoms with Crippen LogP contribution in [0.25, 0.3) is 6.08 Å². The first kappa shape index (κ1) is 25.5. The second kappa shape index (κ2) is 10.6. The Morgan fingerprint density at radius 1 is 0.917 bits per heavy atom. The van der Waals surface area contributed by atoms with Crippen LogP contribution < -0.4 is 15.0 Å². The number of hydrogen-bond acceptors (Lipinski definition) is 4. The number of rotatable bonds is 6. The molecule has 0 aliphatic carbocycles. The van der Waals surface area contributed by atoms with E-state index in [1.165, 1.54) is 35.4 Å². The molecule has 0 saturated carbocycles. The molecular formula is C28H24Cl2N2O4. The van der Waals surface area contributed by atoms with E-state index in [0.29, 0.717) is 24.3 Å². The van der Waals surface area contributed by atoms with Crippen LogP contribution in [0.3, 0.4) is 0 Å². The van der Waals surface area contributed by atoms with E-state index in [2.05, 4.69) is 37.4 Å². The van der Waals surface area contributed by atoms with Crippen LogP contribution in [-0.2, 0) is 16.0 Å². The van der Waals surface area contributed by atoms with E-state index < -0.39 is 17.8 Å². The third-order valence-corrected chi connectivity index (χ3v) is 6.38. The minimum absolute atomic E-state index is 0.179. The van der Waals surface area contributed by atoms with E-state index in [1.54, 1.807) is 6.07 Å². The van der Waals surface area contributed by atoms with Crippen molar-refractivity contribution in [1.82, 2.24) is 5.32 Å². The number of nitrogens with one attached hydrogen (secondary N) is 1. The van der Waals surface area contributed by atoms with Gasteiger partial charge >= 0.3 is 6.03 Å². The third kappa shape index (κ3) is 5.45. The lowest BCUT2D eigenvalue weighted by atomic mass is 9.98. The maximum atomic E-state index is 13.2. The monoisotopic (exact) mass is 522 g/mol. The predicted octanol–water partition coefficient (Wildman–Crippen LogP) is 6.27. The molecule has 1 heterocycles. The highest BCUT2D eigenvalue weighted by atomic mass is 35.5. The Balaban J connectivity index is 1.68. The van der Waals surface area contributed by atoms with Crippen LogP contribution >= 0.6 is 23.2 Å². The lowest BCUT2D eigenvalue weighted by Crippen LogP contribution is -2.54. The molecule has 1 N–H and O–H groups in total. The van der Waals surface area contributed by atoms with Gasteiger partial charge in [-0.15, -0.1) is 0 Å². The van der Waals surface area contributed by atoms with Crippen molar-refractivity contribution in [2.75, 3.05) is 11.5 Å². The van der Waals surface area contributed by atoms with Crippen LogP contribution in [0.1, 0.15) is 34.7 Å². The number of imide groups is 2. The fraction of sp³-hybridized carbons (Fsp3) is 0.179. The van der Waals surface area contributed by atoms with Gasteiger partial charge in [-0.3, -0.25) is 14.9 Å². The molecular weight excluding hydrogens is 499 g/mol. The van der Waals surface area contributed by atoms with Gasteiger partial charge in [-0.05, 0) is 67.8 Å². The van der Waals surface area contributed by atoms with Gasteiger partial charge in [0, 0.05) is 6.42 Å². The average molecular weight is 523 g/mol. The van der Waals surface area contributed by atoms with Gasteiger partial charge in [0.2, 0.25) is 0 Å². The lowest BCUT2D eigenvalue weighted by Gasteiger charge is -2.26. The molecule has 1 fully saturated rings. The number of aryl methyl sites for hydroxylation is 2. The van der Waals surface area contributed by atoms with Crippen molar-refractivity contribution >= 4 is 52.8 Å². The number of ether oxygens (including phenoxy) is 1. The number of carbonyl (C=O) groups is 3. The van der Waals surface area contributed by atoms with Gasteiger partial charge in [-0.25, -0.2) is 9.69 Å². The fourth-order valence-electron chi connectivity index (χ4n) is 4.17. The quantitative estimate of drug-likeness (QED) is 0.306. The van der Waals surface area contributed by atoms with Gasteiger partial charge in [-0.2, -0.15) is 0 Å². The van der Waals surface area contributed by atoms with Crippen LogP contribution in [0.5, 0.6) is 5.75 Å². The Kier molecular flexibility index (Phi) is 7.48. The average Bonchev–Trinajstić information content (AvgIpc) is 2.80. The van der Waals surface area contributed by atoms with Crippen molar-refractivity contribution in [1.29, 1.82) is 0 Å². The van der Waals surface area contributed by atoms with Crippen molar-refractivity contribution in [3.63, 3.8) is 0 Å². The zero-order chi connectivity index (χ0) is 26.0. The number of nitrogens with zero attached hydrogens (tertiary/aromatic N) is 1. The van der Waals surface area contributed by atoms with Crippen molar-refractivity contribution < 1.29 is 19.1 Å². The maximum Gasteiger partial charge on any atom is 0.335 e. The molecule has 36 heavy (non-hydrogen) atoms. The van der Waals surface area contributed by atoms with Crippen molar-refractivity contribution in [3.05, 3.63) is 98.0 Å². The van der Waals surface area contributed by atoms with Gasteiger partial charge in [0.1, 0.15) is 11.3 Å². The normalized spacial score (nSPS) is 14.9. The second-order valence-corrected chi connectivity index (χ2v) is 9.34. The molecule has 0 atom stereocenters. The number of halogens is 2. The van der Waals surface area contributed by atoms with E-state index >= 15 is 0 Å². The van der Waals surface area contributed by atoms with Gasteiger partial charge in [-0.1, -0.05) is 64.7 Å². The number of benzene rings is 3. The summed E-state index contributed by atoms with van der Waals surface area (Å²) in [5.41, 5.74) is 5.12. The summed E-state index contributed by atoms with van der Waals surface area (Å²) in [6.07, 6.45) is 2.12. The lowest BCUT2D eigenvalue weighted by molar-refractivity contribution is -0.122. The fourth-order valence-corrected chi connectivity index (χ4v) is 4.46. The number of urea groups is 1. The zero-order valence-corrected chi connectivity index (χ0v) is 21.5. The minimum Gasteiger partial charge on any atom is -0.494 e. The molecule has 1 saturated heterocycles.